The fraction of sp³-hybridized carbons (Fsp3) is 0.824. The molecule has 1 saturated carbocycles. The van der Waals surface area contributed by atoms with Crippen LogP contribution >= 0.6 is 15.9 Å². The van der Waals surface area contributed by atoms with Crippen LogP contribution in [0.1, 0.15) is 64.8 Å². The molecule has 1 heterocycles. The highest BCUT2D eigenvalue weighted by Gasteiger charge is 2.36. The van der Waals surface area contributed by atoms with E-state index in [9.17, 15) is 0 Å². The standard InChI is InChI=1S/C17H30BrN3/c1-6-13-15(18)14(21(5)20-13)11-17(9-7-8-10-17)12-19-16(2,3)4/h19H,6-12H2,1-5H3. The maximum atomic E-state index is 4.66. The number of aromatic nitrogens is 2. The average Bonchev–Trinajstić information content (AvgIpc) is 2.96. The van der Waals surface area contributed by atoms with E-state index in [0.717, 1.165) is 19.4 Å². The van der Waals surface area contributed by atoms with Gasteiger partial charge in [-0.3, -0.25) is 4.68 Å². The highest BCUT2D eigenvalue weighted by atomic mass is 79.9. The minimum absolute atomic E-state index is 0.188. The summed E-state index contributed by atoms with van der Waals surface area (Å²) in [5, 5.41) is 8.40. The maximum Gasteiger partial charge on any atom is 0.0766 e. The van der Waals surface area contributed by atoms with E-state index in [0.29, 0.717) is 5.41 Å². The second-order valence-corrected chi connectivity index (χ2v) is 8.46. The van der Waals surface area contributed by atoms with Crippen LogP contribution in [0.4, 0.5) is 0 Å². The monoisotopic (exact) mass is 355 g/mol. The van der Waals surface area contributed by atoms with Gasteiger partial charge in [0.1, 0.15) is 0 Å². The van der Waals surface area contributed by atoms with E-state index in [2.05, 4.69) is 65.8 Å². The van der Waals surface area contributed by atoms with Gasteiger partial charge in [0.15, 0.2) is 0 Å². The second kappa shape index (κ2) is 6.41. The third kappa shape index (κ3) is 4.10. The van der Waals surface area contributed by atoms with Gasteiger partial charge in [0.05, 0.1) is 15.9 Å². The van der Waals surface area contributed by atoms with Crippen LogP contribution < -0.4 is 5.32 Å². The molecule has 1 N–H and O–H groups in total. The van der Waals surface area contributed by atoms with Crippen LogP contribution in [0.2, 0.25) is 0 Å². The van der Waals surface area contributed by atoms with Crippen LogP contribution in [0.3, 0.4) is 0 Å². The Morgan fingerprint density at radius 3 is 2.38 bits per heavy atom. The number of hydrogen-bond donors (Lipinski definition) is 1. The Labute approximate surface area is 138 Å². The first-order valence-electron chi connectivity index (χ1n) is 8.22. The molecule has 4 heteroatoms. The van der Waals surface area contributed by atoms with Crippen LogP contribution in [0.25, 0.3) is 0 Å². The highest BCUT2D eigenvalue weighted by Crippen LogP contribution is 2.42. The van der Waals surface area contributed by atoms with Gasteiger partial charge in [-0.15, -0.1) is 0 Å². The molecular weight excluding hydrogens is 326 g/mol. The zero-order valence-electron chi connectivity index (χ0n) is 14.2. The van der Waals surface area contributed by atoms with Gasteiger partial charge < -0.3 is 5.32 Å². The quantitative estimate of drug-likeness (QED) is 0.855. The summed E-state index contributed by atoms with van der Waals surface area (Å²) in [5.41, 5.74) is 3.14. The molecule has 2 rings (SSSR count). The molecule has 0 amide bonds. The molecular formula is C17H30BrN3. The van der Waals surface area contributed by atoms with Crippen LogP contribution in [0.5, 0.6) is 0 Å². The minimum atomic E-state index is 0.188. The number of halogens is 1. The first-order valence-corrected chi connectivity index (χ1v) is 9.01. The van der Waals surface area contributed by atoms with Gasteiger partial charge in [0.2, 0.25) is 0 Å². The van der Waals surface area contributed by atoms with Crippen molar-refractivity contribution >= 4 is 15.9 Å². The minimum Gasteiger partial charge on any atom is -0.312 e. The third-order valence-corrected chi connectivity index (χ3v) is 5.62. The Morgan fingerprint density at radius 2 is 1.90 bits per heavy atom. The van der Waals surface area contributed by atoms with E-state index in [1.165, 1.54) is 41.5 Å². The molecule has 3 nitrogen and oxygen atoms in total. The molecule has 0 bridgehead atoms. The molecule has 0 spiro atoms. The van der Waals surface area contributed by atoms with Crippen LogP contribution in [0, 0.1) is 5.41 Å². The van der Waals surface area contributed by atoms with E-state index in [-0.39, 0.29) is 5.54 Å². The van der Waals surface area contributed by atoms with Crippen molar-refractivity contribution in [2.75, 3.05) is 6.54 Å². The van der Waals surface area contributed by atoms with E-state index < -0.39 is 0 Å². The van der Waals surface area contributed by atoms with Gasteiger partial charge in [0, 0.05) is 19.1 Å². The molecule has 0 atom stereocenters. The van der Waals surface area contributed by atoms with E-state index in [1.807, 2.05) is 0 Å². The normalized spacial score (nSPS) is 18.4. The lowest BCUT2D eigenvalue weighted by molar-refractivity contribution is 0.240. The largest absolute Gasteiger partial charge is 0.312 e. The number of rotatable bonds is 5. The molecule has 1 aromatic rings. The first-order chi connectivity index (χ1) is 9.76. The maximum absolute atomic E-state index is 4.66. The molecule has 0 saturated heterocycles. The molecule has 0 aliphatic heterocycles. The lowest BCUT2D eigenvalue weighted by atomic mass is 9.80. The Morgan fingerprint density at radius 1 is 1.29 bits per heavy atom. The summed E-state index contributed by atoms with van der Waals surface area (Å²) in [6.07, 6.45) is 7.50. The fourth-order valence-corrected chi connectivity index (χ4v) is 4.12. The smallest absolute Gasteiger partial charge is 0.0766 e. The summed E-state index contributed by atoms with van der Waals surface area (Å²) in [6, 6.07) is 0. The topological polar surface area (TPSA) is 29.9 Å². The van der Waals surface area contributed by atoms with Gasteiger partial charge in [-0.2, -0.15) is 5.10 Å². The van der Waals surface area contributed by atoms with Gasteiger partial charge in [-0.05, 0) is 67.8 Å². The summed E-state index contributed by atoms with van der Waals surface area (Å²) in [5.74, 6) is 0. The van der Waals surface area contributed by atoms with Crippen molar-refractivity contribution in [3.8, 4) is 0 Å². The molecule has 1 fully saturated rings. The van der Waals surface area contributed by atoms with Crippen molar-refractivity contribution in [3.05, 3.63) is 15.9 Å². The van der Waals surface area contributed by atoms with Crippen molar-refractivity contribution in [3.63, 3.8) is 0 Å². The van der Waals surface area contributed by atoms with Gasteiger partial charge >= 0.3 is 0 Å². The molecule has 0 unspecified atom stereocenters. The van der Waals surface area contributed by atoms with Crippen LogP contribution in [-0.4, -0.2) is 21.9 Å². The third-order valence-electron chi connectivity index (χ3n) is 4.70. The summed E-state index contributed by atoms with van der Waals surface area (Å²) in [6.45, 7) is 10.0. The average molecular weight is 356 g/mol. The zero-order valence-corrected chi connectivity index (χ0v) is 15.8. The summed E-state index contributed by atoms with van der Waals surface area (Å²) < 4.78 is 3.31. The Kier molecular flexibility index (Phi) is 5.19. The van der Waals surface area contributed by atoms with Crippen molar-refractivity contribution in [2.24, 2.45) is 12.5 Å². The summed E-state index contributed by atoms with van der Waals surface area (Å²) in [4.78, 5) is 0. The zero-order chi connectivity index (χ0) is 15.7. The summed E-state index contributed by atoms with van der Waals surface area (Å²) in [7, 11) is 2.08. The highest BCUT2D eigenvalue weighted by molar-refractivity contribution is 9.10. The number of hydrogen-bond acceptors (Lipinski definition) is 2. The SMILES string of the molecule is CCc1nn(C)c(CC2(CNC(C)(C)C)CCCC2)c1Br. The van der Waals surface area contributed by atoms with Gasteiger partial charge in [-0.1, -0.05) is 19.8 Å². The summed E-state index contributed by atoms with van der Waals surface area (Å²) >= 11 is 3.78. The van der Waals surface area contributed by atoms with Gasteiger partial charge in [0.25, 0.3) is 0 Å². The predicted octanol–water partition coefficient (Wildman–Crippen LogP) is 4.24. The molecule has 1 aromatic heterocycles. The van der Waals surface area contributed by atoms with Crippen molar-refractivity contribution in [1.29, 1.82) is 0 Å². The Balaban J connectivity index is 2.18. The van der Waals surface area contributed by atoms with Crippen molar-refractivity contribution in [2.45, 2.75) is 71.8 Å². The van der Waals surface area contributed by atoms with Crippen molar-refractivity contribution < 1.29 is 0 Å². The van der Waals surface area contributed by atoms with Crippen LogP contribution in [0.15, 0.2) is 4.47 Å². The lowest BCUT2D eigenvalue weighted by Gasteiger charge is -2.33. The molecule has 1 aliphatic rings. The molecule has 0 radical (unpaired) electrons. The number of nitrogens with zero attached hydrogens (tertiary/aromatic N) is 2. The van der Waals surface area contributed by atoms with E-state index >= 15 is 0 Å². The first kappa shape index (κ1) is 17.0. The predicted molar refractivity (Wildman–Crippen MR) is 92.6 cm³/mol. The molecule has 1 aliphatic carbocycles. The van der Waals surface area contributed by atoms with E-state index in [1.54, 1.807) is 0 Å². The second-order valence-electron chi connectivity index (χ2n) is 7.67. The lowest BCUT2D eigenvalue weighted by Crippen LogP contribution is -2.44. The van der Waals surface area contributed by atoms with Gasteiger partial charge in [-0.25, -0.2) is 0 Å². The number of aryl methyl sites for hydroxylation is 2. The molecule has 120 valence electrons. The molecule has 0 aromatic carbocycles. The Hall–Kier alpha value is -0.350. The fourth-order valence-electron chi connectivity index (χ4n) is 3.36. The number of nitrogens with one attached hydrogen (secondary N) is 1. The molecule has 21 heavy (non-hydrogen) atoms. The van der Waals surface area contributed by atoms with Crippen molar-refractivity contribution in [1.82, 2.24) is 15.1 Å². The van der Waals surface area contributed by atoms with Crippen LogP contribution in [-0.2, 0) is 19.9 Å². The van der Waals surface area contributed by atoms with E-state index in [4.69, 9.17) is 0 Å². The Bertz CT molecular complexity index is 479.